The molecule has 0 aliphatic carbocycles. The molecule has 0 radical (unpaired) electrons. The van der Waals surface area contributed by atoms with E-state index in [0.29, 0.717) is 24.6 Å². The molecule has 0 saturated heterocycles. The minimum atomic E-state index is -0.168. The number of anilines is 1. The zero-order valence-corrected chi connectivity index (χ0v) is 15.9. The number of methoxy groups -OCH3 is 1. The van der Waals surface area contributed by atoms with Gasteiger partial charge in [-0.2, -0.15) is 0 Å². The minimum Gasteiger partial charge on any atom is -0.497 e. The standard InChI is InChI=1S/C22H24N4O2/c1-28-20-9-5-8-18(14-20)11-13-24-22-25-15-19(16-26-22)21(27)23-12-10-17-6-3-2-4-7-17/h2-9,14-16H,10-13H2,1H3,(H,23,27)(H,24,25,26). The highest BCUT2D eigenvalue weighted by atomic mass is 16.5. The number of benzene rings is 2. The lowest BCUT2D eigenvalue weighted by atomic mass is 10.1. The van der Waals surface area contributed by atoms with Crippen molar-refractivity contribution in [1.29, 1.82) is 0 Å². The van der Waals surface area contributed by atoms with Gasteiger partial charge in [-0.3, -0.25) is 4.79 Å². The van der Waals surface area contributed by atoms with Gasteiger partial charge in [0.2, 0.25) is 5.95 Å². The van der Waals surface area contributed by atoms with Crippen molar-refractivity contribution in [2.75, 3.05) is 25.5 Å². The third kappa shape index (κ3) is 5.81. The molecular weight excluding hydrogens is 352 g/mol. The van der Waals surface area contributed by atoms with Crippen LogP contribution in [0.1, 0.15) is 21.5 Å². The average molecular weight is 376 g/mol. The molecule has 0 aliphatic rings. The molecule has 0 saturated carbocycles. The third-order valence-electron chi connectivity index (χ3n) is 4.29. The molecule has 0 fully saturated rings. The Morgan fingerprint density at radius 1 is 0.929 bits per heavy atom. The van der Waals surface area contributed by atoms with Gasteiger partial charge >= 0.3 is 0 Å². The van der Waals surface area contributed by atoms with E-state index in [9.17, 15) is 4.79 Å². The first-order valence-corrected chi connectivity index (χ1v) is 9.25. The summed E-state index contributed by atoms with van der Waals surface area (Å²) in [6, 6.07) is 18.0. The van der Waals surface area contributed by atoms with Crippen molar-refractivity contribution in [2.24, 2.45) is 0 Å². The molecule has 6 nitrogen and oxygen atoms in total. The Labute approximate surface area is 165 Å². The third-order valence-corrected chi connectivity index (χ3v) is 4.29. The number of aromatic nitrogens is 2. The average Bonchev–Trinajstić information content (AvgIpc) is 2.75. The van der Waals surface area contributed by atoms with Crippen LogP contribution in [0.3, 0.4) is 0 Å². The summed E-state index contributed by atoms with van der Waals surface area (Å²) in [5.41, 5.74) is 2.81. The molecule has 0 spiro atoms. The highest BCUT2D eigenvalue weighted by Gasteiger charge is 2.07. The van der Waals surface area contributed by atoms with E-state index in [0.717, 1.165) is 18.6 Å². The Morgan fingerprint density at radius 3 is 2.39 bits per heavy atom. The molecule has 1 amide bonds. The second kappa shape index (κ2) is 10.1. The van der Waals surface area contributed by atoms with Gasteiger partial charge in [0, 0.05) is 25.5 Å². The van der Waals surface area contributed by atoms with E-state index in [-0.39, 0.29) is 5.91 Å². The van der Waals surface area contributed by atoms with Crippen molar-refractivity contribution in [3.8, 4) is 5.75 Å². The second-order valence-electron chi connectivity index (χ2n) is 6.32. The molecular formula is C22H24N4O2. The molecule has 144 valence electrons. The maximum Gasteiger partial charge on any atom is 0.254 e. The van der Waals surface area contributed by atoms with Crippen LogP contribution < -0.4 is 15.4 Å². The predicted octanol–water partition coefficient (Wildman–Crippen LogP) is 3.11. The van der Waals surface area contributed by atoms with Crippen LogP contribution in [0.2, 0.25) is 0 Å². The number of ether oxygens (including phenoxy) is 1. The molecule has 6 heteroatoms. The summed E-state index contributed by atoms with van der Waals surface area (Å²) in [7, 11) is 1.66. The molecule has 2 aromatic carbocycles. The first-order chi connectivity index (χ1) is 13.7. The van der Waals surface area contributed by atoms with Crippen LogP contribution in [0.25, 0.3) is 0 Å². The van der Waals surface area contributed by atoms with Gasteiger partial charge < -0.3 is 15.4 Å². The molecule has 0 aliphatic heterocycles. The largest absolute Gasteiger partial charge is 0.497 e. The SMILES string of the molecule is COc1cccc(CCNc2ncc(C(=O)NCCc3ccccc3)cn2)c1. The smallest absolute Gasteiger partial charge is 0.254 e. The van der Waals surface area contributed by atoms with Gasteiger partial charge in [-0.15, -0.1) is 0 Å². The number of rotatable bonds is 9. The van der Waals surface area contributed by atoms with E-state index >= 15 is 0 Å². The number of carbonyl (C=O) groups excluding carboxylic acids is 1. The molecule has 0 unspecified atom stereocenters. The van der Waals surface area contributed by atoms with E-state index in [1.807, 2.05) is 54.6 Å². The first kappa shape index (κ1) is 19.4. The summed E-state index contributed by atoms with van der Waals surface area (Å²) in [6.07, 6.45) is 4.69. The summed E-state index contributed by atoms with van der Waals surface area (Å²) in [4.78, 5) is 20.6. The molecule has 1 heterocycles. The summed E-state index contributed by atoms with van der Waals surface area (Å²) in [5.74, 6) is 1.18. The number of hydrogen-bond acceptors (Lipinski definition) is 5. The fourth-order valence-electron chi connectivity index (χ4n) is 2.75. The highest BCUT2D eigenvalue weighted by molar-refractivity contribution is 5.93. The van der Waals surface area contributed by atoms with Crippen molar-refractivity contribution in [2.45, 2.75) is 12.8 Å². The monoisotopic (exact) mass is 376 g/mol. The number of carbonyl (C=O) groups is 1. The topological polar surface area (TPSA) is 76.1 Å². The van der Waals surface area contributed by atoms with Crippen LogP contribution >= 0.6 is 0 Å². The van der Waals surface area contributed by atoms with Gasteiger partial charge in [-0.25, -0.2) is 9.97 Å². The number of amides is 1. The van der Waals surface area contributed by atoms with E-state index in [4.69, 9.17) is 4.74 Å². The minimum absolute atomic E-state index is 0.168. The van der Waals surface area contributed by atoms with E-state index < -0.39 is 0 Å². The summed E-state index contributed by atoms with van der Waals surface area (Å²) in [6.45, 7) is 1.26. The zero-order valence-electron chi connectivity index (χ0n) is 15.9. The van der Waals surface area contributed by atoms with E-state index in [1.54, 1.807) is 19.5 Å². The van der Waals surface area contributed by atoms with E-state index in [2.05, 4.69) is 20.6 Å². The lowest BCUT2D eigenvalue weighted by Gasteiger charge is -2.08. The normalized spacial score (nSPS) is 10.3. The molecule has 1 aromatic heterocycles. The first-order valence-electron chi connectivity index (χ1n) is 9.25. The van der Waals surface area contributed by atoms with Crippen molar-refractivity contribution >= 4 is 11.9 Å². The van der Waals surface area contributed by atoms with Gasteiger partial charge in [0.15, 0.2) is 0 Å². The number of nitrogens with zero attached hydrogens (tertiary/aromatic N) is 2. The molecule has 3 aromatic rings. The van der Waals surface area contributed by atoms with Crippen LogP contribution in [0.15, 0.2) is 67.0 Å². The molecule has 2 N–H and O–H groups in total. The van der Waals surface area contributed by atoms with E-state index in [1.165, 1.54) is 11.1 Å². The Bertz CT molecular complexity index is 883. The van der Waals surface area contributed by atoms with Crippen LogP contribution in [0.4, 0.5) is 5.95 Å². The van der Waals surface area contributed by atoms with Crippen molar-refractivity contribution < 1.29 is 9.53 Å². The van der Waals surface area contributed by atoms with Crippen LogP contribution in [-0.2, 0) is 12.8 Å². The van der Waals surface area contributed by atoms with Crippen LogP contribution in [-0.4, -0.2) is 36.1 Å². The maximum absolute atomic E-state index is 12.2. The maximum atomic E-state index is 12.2. The summed E-state index contributed by atoms with van der Waals surface area (Å²) in [5, 5.41) is 6.06. The van der Waals surface area contributed by atoms with Crippen LogP contribution in [0, 0.1) is 0 Å². The van der Waals surface area contributed by atoms with Gasteiger partial charge in [0.1, 0.15) is 5.75 Å². The van der Waals surface area contributed by atoms with Crippen molar-refractivity contribution in [1.82, 2.24) is 15.3 Å². The zero-order chi connectivity index (χ0) is 19.6. The second-order valence-corrected chi connectivity index (χ2v) is 6.32. The number of nitrogens with one attached hydrogen (secondary N) is 2. The van der Waals surface area contributed by atoms with Gasteiger partial charge in [0.25, 0.3) is 5.91 Å². The van der Waals surface area contributed by atoms with Crippen LogP contribution in [0.5, 0.6) is 5.75 Å². The van der Waals surface area contributed by atoms with Gasteiger partial charge in [-0.05, 0) is 36.1 Å². The lowest BCUT2D eigenvalue weighted by molar-refractivity contribution is 0.0953. The Kier molecular flexibility index (Phi) is 6.95. The molecule has 3 rings (SSSR count). The molecule has 28 heavy (non-hydrogen) atoms. The summed E-state index contributed by atoms with van der Waals surface area (Å²) < 4.78 is 5.23. The number of hydrogen-bond donors (Lipinski definition) is 2. The fourth-order valence-corrected chi connectivity index (χ4v) is 2.75. The van der Waals surface area contributed by atoms with Gasteiger partial charge in [0.05, 0.1) is 12.7 Å². The highest BCUT2D eigenvalue weighted by Crippen LogP contribution is 2.13. The van der Waals surface area contributed by atoms with Crippen molar-refractivity contribution in [3.05, 3.63) is 83.7 Å². The molecule has 0 atom stereocenters. The molecule has 0 bridgehead atoms. The predicted molar refractivity (Wildman–Crippen MR) is 110 cm³/mol. The fraction of sp³-hybridized carbons (Fsp3) is 0.227. The van der Waals surface area contributed by atoms with Crippen molar-refractivity contribution in [3.63, 3.8) is 0 Å². The summed E-state index contributed by atoms with van der Waals surface area (Å²) >= 11 is 0. The quantitative estimate of drug-likeness (QED) is 0.600. The Morgan fingerprint density at radius 2 is 1.64 bits per heavy atom. The lowest BCUT2D eigenvalue weighted by Crippen LogP contribution is -2.26. The Hall–Kier alpha value is -3.41. The Balaban J connectivity index is 1.43. The van der Waals surface area contributed by atoms with Gasteiger partial charge in [-0.1, -0.05) is 42.5 Å².